The highest BCUT2D eigenvalue weighted by molar-refractivity contribution is 5.49. The zero-order valence-electron chi connectivity index (χ0n) is 24.4. The van der Waals surface area contributed by atoms with Gasteiger partial charge in [-0.15, -0.1) is 0 Å². The highest BCUT2D eigenvalue weighted by Gasteiger charge is 2.30. The second kappa shape index (κ2) is 13.1. The zero-order chi connectivity index (χ0) is 31.4. The molecule has 0 N–H and O–H groups in total. The van der Waals surface area contributed by atoms with Crippen LogP contribution in [0.5, 0.6) is 17.5 Å². The molecule has 1 saturated heterocycles. The maximum absolute atomic E-state index is 12.7. The van der Waals surface area contributed by atoms with Crippen LogP contribution in [-0.4, -0.2) is 58.3 Å². The Bertz CT molecular complexity index is 1590. The SMILES string of the molecule is O=[N+]([O-])c1cn2c(n1)OC(COc1ccc(N3CCN(Cc4ccc(COc5ccc(C(F)(F)F)cc5)cc4)CC3)cc1)CC2. The predicted molar refractivity (Wildman–Crippen MR) is 160 cm³/mol. The van der Waals surface area contributed by atoms with Crippen molar-refractivity contribution in [2.45, 2.75) is 38.4 Å². The number of aryl methyl sites for hydroxylation is 1. The number of imidazole rings is 1. The predicted octanol–water partition coefficient (Wildman–Crippen LogP) is 5.94. The number of nitro groups is 1. The Balaban J connectivity index is 0.914. The summed E-state index contributed by atoms with van der Waals surface area (Å²) in [6.07, 6.45) is -2.53. The van der Waals surface area contributed by atoms with Gasteiger partial charge in [-0.25, -0.2) is 0 Å². The second-order valence-corrected chi connectivity index (χ2v) is 11.1. The van der Waals surface area contributed by atoms with E-state index in [-0.39, 0.29) is 24.5 Å². The molecule has 0 bridgehead atoms. The standard InChI is InChI=1S/C32H32F3N5O5/c33-32(34,35)25-5-9-27(10-6-25)43-21-24-3-1-23(2-4-24)19-37-15-17-38(18-16-37)26-7-11-28(12-8-26)44-22-29-13-14-39-20-30(40(41)42)36-31(39)45-29/h1-12,20,29H,13-19,21-22H2. The lowest BCUT2D eigenvalue weighted by Gasteiger charge is -2.36. The number of alkyl halides is 3. The van der Waals surface area contributed by atoms with Crippen LogP contribution < -0.4 is 19.1 Å². The second-order valence-electron chi connectivity index (χ2n) is 11.1. The first-order chi connectivity index (χ1) is 21.7. The summed E-state index contributed by atoms with van der Waals surface area (Å²) in [6.45, 7) is 5.66. The van der Waals surface area contributed by atoms with E-state index in [9.17, 15) is 23.3 Å². The van der Waals surface area contributed by atoms with E-state index in [2.05, 4.69) is 26.9 Å². The van der Waals surface area contributed by atoms with Gasteiger partial charge in [0.25, 0.3) is 0 Å². The average Bonchev–Trinajstić information content (AvgIpc) is 3.48. The van der Waals surface area contributed by atoms with E-state index in [1.54, 1.807) is 4.57 Å². The normalized spacial score (nSPS) is 17.0. The molecule has 4 aromatic rings. The zero-order valence-corrected chi connectivity index (χ0v) is 24.4. The number of rotatable bonds is 10. The van der Waals surface area contributed by atoms with Crippen LogP contribution in [-0.2, 0) is 25.9 Å². The van der Waals surface area contributed by atoms with Crippen LogP contribution in [0.2, 0.25) is 0 Å². The maximum Gasteiger partial charge on any atom is 0.416 e. The summed E-state index contributed by atoms with van der Waals surface area (Å²) < 4.78 is 57.2. The summed E-state index contributed by atoms with van der Waals surface area (Å²) in [5.74, 6) is 0.906. The molecule has 2 aliphatic heterocycles. The minimum Gasteiger partial charge on any atom is -0.490 e. The largest absolute Gasteiger partial charge is 0.490 e. The van der Waals surface area contributed by atoms with Crippen LogP contribution in [0, 0.1) is 10.1 Å². The first kappa shape index (κ1) is 30.3. The molecule has 6 rings (SSSR count). The Morgan fingerprint density at radius 1 is 0.867 bits per heavy atom. The Morgan fingerprint density at radius 2 is 1.51 bits per heavy atom. The summed E-state index contributed by atoms with van der Waals surface area (Å²) in [5, 5.41) is 11.0. The van der Waals surface area contributed by atoms with Gasteiger partial charge in [-0.3, -0.25) is 9.47 Å². The molecule has 3 heterocycles. The summed E-state index contributed by atoms with van der Waals surface area (Å²) in [4.78, 5) is 19.1. The number of benzene rings is 3. The molecule has 0 saturated carbocycles. The number of anilines is 1. The first-order valence-corrected chi connectivity index (χ1v) is 14.7. The van der Waals surface area contributed by atoms with Gasteiger partial charge in [0.2, 0.25) is 0 Å². The number of fused-ring (bicyclic) bond motifs is 1. The van der Waals surface area contributed by atoms with Crippen LogP contribution in [0.15, 0.2) is 79.0 Å². The Hall–Kier alpha value is -4.78. The molecule has 236 valence electrons. The molecule has 0 radical (unpaired) electrons. The van der Waals surface area contributed by atoms with E-state index in [4.69, 9.17) is 14.2 Å². The van der Waals surface area contributed by atoms with Crippen LogP contribution in [0.25, 0.3) is 0 Å². The molecule has 13 heteroatoms. The molecular formula is C32H32F3N5O5. The first-order valence-electron chi connectivity index (χ1n) is 14.7. The Kier molecular flexibility index (Phi) is 8.78. The van der Waals surface area contributed by atoms with Crippen molar-refractivity contribution in [3.63, 3.8) is 0 Å². The number of nitrogens with zero attached hydrogens (tertiary/aromatic N) is 5. The number of aromatic nitrogens is 2. The lowest BCUT2D eigenvalue weighted by Crippen LogP contribution is -2.45. The smallest absolute Gasteiger partial charge is 0.416 e. The lowest BCUT2D eigenvalue weighted by molar-refractivity contribution is -0.389. The molecule has 3 aromatic carbocycles. The van der Waals surface area contributed by atoms with Crippen molar-refractivity contribution >= 4 is 11.5 Å². The summed E-state index contributed by atoms with van der Waals surface area (Å²) in [6, 6.07) is 21.0. The van der Waals surface area contributed by atoms with E-state index in [1.165, 1.54) is 23.9 Å². The number of ether oxygens (including phenoxy) is 3. The summed E-state index contributed by atoms with van der Waals surface area (Å²) in [7, 11) is 0. The molecule has 45 heavy (non-hydrogen) atoms. The Morgan fingerprint density at radius 3 is 2.18 bits per heavy atom. The van der Waals surface area contributed by atoms with E-state index < -0.39 is 16.7 Å². The van der Waals surface area contributed by atoms with Gasteiger partial charge in [-0.2, -0.15) is 13.2 Å². The molecule has 10 nitrogen and oxygen atoms in total. The number of piperazine rings is 1. The monoisotopic (exact) mass is 623 g/mol. The third-order valence-corrected chi connectivity index (χ3v) is 7.90. The molecule has 1 aromatic heterocycles. The fraction of sp³-hybridized carbons (Fsp3) is 0.344. The average molecular weight is 624 g/mol. The van der Waals surface area contributed by atoms with Gasteiger partial charge in [0.1, 0.15) is 37.0 Å². The van der Waals surface area contributed by atoms with Gasteiger partial charge in [-0.05, 0) is 64.6 Å². The molecule has 1 unspecified atom stereocenters. The van der Waals surface area contributed by atoms with Gasteiger partial charge in [0.05, 0.1) is 5.56 Å². The molecule has 0 amide bonds. The fourth-order valence-electron chi connectivity index (χ4n) is 5.35. The topological polar surface area (TPSA) is 95.1 Å². The van der Waals surface area contributed by atoms with Crippen molar-refractivity contribution in [2.24, 2.45) is 0 Å². The van der Waals surface area contributed by atoms with Crippen molar-refractivity contribution in [2.75, 3.05) is 37.7 Å². The van der Waals surface area contributed by atoms with Gasteiger partial charge < -0.3 is 29.2 Å². The molecule has 0 spiro atoms. The van der Waals surface area contributed by atoms with E-state index in [0.29, 0.717) is 25.3 Å². The highest BCUT2D eigenvalue weighted by atomic mass is 19.4. The number of halogens is 3. The minimum atomic E-state index is -4.36. The van der Waals surface area contributed by atoms with Crippen molar-refractivity contribution in [3.05, 3.63) is 106 Å². The summed E-state index contributed by atoms with van der Waals surface area (Å²) >= 11 is 0. The van der Waals surface area contributed by atoms with Crippen LogP contribution >= 0.6 is 0 Å². The minimum absolute atomic E-state index is 0.220. The van der Waals surface area contributed by atoms with Crippen molar-refractivity contribution < 1.29 is 32.3 Å². The van der Waals surface area contributed by atoms with E-state index in [1.807, 2.05) is 36.4 Å². The highest BCUT2D eigenvalue weighted by Crippen LogP contribution is 2.30. The van der Waals surface area contributed by atoms with Gasteiger partial charge in [0, 0.05) is 56.4 Å². The molecule has 1 fully saturated rings. The van der Waals surface area contributed by atoms with E-state index in [0.717, 1.165) is 61.9 Å². The molecule has 2 aliphatic rings. The number of hydrogen-bond donors (Lipinski definition) is 0. The van der Waals surface area contributed by atoms with Gasteiger partial charge in [0.15, 0.2) is 0 Å². The molecule has 1 atom stereocenters. The Labute approximate surface area is 257 Å². The fourth-order valence-corrected chi connectivity index (χ4v) is 5.35. The maximum atomic E-state index is 12.7. The summed E-state index contributed by atoms with van der Waals surface area (Å²) in [5.41, 5.74) is 2.56. The van der Waals surface area contributed by atoms with Crippen LogP contribution in [0.3, 0.4) is 0 Å². The van der Waals surface area contributed by atoms with Crippen molar-refractivity contribution in [1.29, 1.82) is 0 Å². The van der Waals surface area contributed by atoms with Gasteiger partial charge in [-0.1, -0.05) is 24.3 Å². The lowest BCUT2D eigenvalue weighted by atomic mass is 10.1. The van der Waals surface area contributed by atoms with Gasteiger partial charge >= 0.3 is 18.0 Å². The van der Waals surface area contributed by atoms with Crippen molar-refractivity contribution in [3.8, 4) is 17.5 Å². The molecule has 0 aliphatic carbocycles. The van der Waals surface area contributed by atoms with Crippen LogP contribution in [0.4, 0.5) is 24.7 Å². The number of hydrogen-bond acceptors (Lipinski definition) is 8. The third-order valence-electron chi connectivity index (χ3n) is 7.90. The van der Waals surface area contributed by atoms with Crippen LogP contribution in [0.1, 0.15) is 23.1 Å². The molecular weight excluding hydrogens is 591 g/mol. The quantitative estimate of drug-likeness (QED) is 0.158. The third kappa shape index (κ3) is 7.66. The van der Waals surface area contributed by atoms with Crippen molar-refractivity contribution in [1.82, 2.24) is 14.5 Å². The van der Waals surface area contributed by atoms with E-state index >= 15 is 0 Å².